The zero-order valence-electron chi connectivity index (χ0n) is 17.8. The summed E-state index contributed by atoms with van der Waals surface area (Å²) in [4.78, 5) is 30.1. The molecule has 1 amide bonds. The van der Waals surface area contributed by atoms with Crippen LogP contribution in [0.15, 0.2) is 58.5 Å². The Kier molecular flexibility index (Phi) is 6.13. The summed E-state index contributed by atoms with van der Waals surface area (Å²) in [5.41, 5.74) is 3.41. The molecule has 3 aromatic rings. The van der Waals surface area contributed by atoms with E-state index in [1.807, 2.05) is 54.9 Å². The highest BCUT2D eigenvalue weighted by Crippen LogP contribution is 2.39. The molecule has 0 radical (unpaired) electrons. The molecule has 160 valence electrons. The van der Waals surface area contributed by atoms with E-state index in [4.69, 9.17) is 4.74 Å². The number of hydrogen-bond donors (Lipinski definition) is 1. The molecule has 1 atom stereocenters. The van der Waals surface area contributed by atoms with Gasteiger partial charge in [0.15, 0.2) is 5.16 Å². The van der Waals surface area contributed by atoms with Crippen molar-refractivity contribution in [2.24, 2.45) is 7.05 Å². The number of benzene rings is 2. The van der Waals surface area contributed by atoms with E-state index in [1.165, 1.54) is 22.9 Å². The van der Waals surface area contributed by atoms with Crippen molar-refractivity contribution < 1.29 is 9.53 Å². The van der Waals surface area contributed by atoms with Gasteiger partial charge in [-0.25, -0.2) is 0 Å². The van der Waals surface area contributed by atoms with Crippen molar-refractivity contribution in [1.29, 1.82) is 0 Å². The second kappa shape index (κ2) is 8.98. The zero-order valence-corrected chi connectivity index (χ0v) is 18.7. The van der Waals surface area contributed by atoms with E-state index in [0.717, 1.165) is 5.56 Å². The van der Waals surface area contributed by atoms with Gasteiger partial charge in [0.1, 0.15) is 11.6 Å². The first kappa shape index (κ1) is 21.2. The average molecular weight is 436 g/mol. The van der Waals surface area contributed by atoms with Crippen LogP contribution in [-0.4, -0.2) is 22.1 Å². The minimum atomic E-state index is -0.395. The van der Waals surface area contributed by atoms with Crippen molar-refractivity contribution in [2.45, 2.75) is 37.1 Å². The van der Waals surface area contributed by atoms with Gasteiger partial charge in [0.25, 0.3) is 5.56 Å². The zero-order chi connectivity index (χ0) is 22.0. The van der Waals surface area contributed by atoms with Crippen molar-refractivity contribution in [2.75, 3.05) is 11.9 Å². The molecule has 0 fully saturated rings. The van der Waals surface area contributed by atoms with E-state index in [9.17, 15) is 9.59 Å². The molecule has 2 heterocycles. The van der Waals surface area contributed by atoms with Crippen molar-refractivity contribution in [3.05, 3.63) is 81.1 Å². The third kappa shape index (κ3) is 4.23. The lowest BCUT2D eigenvalue weighted by atomic mass is 9.86. The Hall–Kier alpha value is -3.06. The maximum Gasteiger partial charge on any atom is 0.279 e. The fourth-order valence-electron chi connectivity index (χ4n) is 3.90. The summed E-state index contributed by atoms with van der Waals surface area (Å²) >= 11 is 1.49. The van der Waals surface area contributed by atoms with E-state index in [2.05, 4.69) is 29.4 Å². The monoisotopic (exact) mass is 435 g/mol. The predicted molar refractivity (Wildman–Crippen MR) is 123 cm³/mol. The third-order valence-corrected chi connectivity index (χ3v) is 6.59. The highest BCUT2D eigenvalue weighted by Gasteiger charge is 2.33. The first-order valence-electron chi connectivity index (χ1n) is 10.3. The molecule has 7 heteroatoms. The van der Waals surface area contributed by atoms with Crippen LogP contribution in [0.3, 0.4) is 0 Å². The number of anilines is 1. The van der Waals surface area contributed by atoms with Crippen LogP contribution in [0.4, 0.5) is 5.82 Å². The molecule has 1 aliphatic heterocycles. The Labute approximate surface area is 185 Å². The molecule has 2 aromatic carbocycles. The van der Waals surface area contributed by atoms with Gasteiger partial charge in [0.2, 0.25) is 5.91 Å². The van der Waals surface area contributed by atoms with Crippen LogP contribution < -0.4 is 15.6 Å². The fraction of sp³-hybridized carbons (Fsp3) is 0.292. The van der Waals surface area contributed by atoms with Crippen LogP contribution in [0.5, 0.6) is 5.75 Å². The van der Waals surface area contributed by atoms with Gasteiger partial charge >= 0.3 is 0 Å². The Morgan fingerprint density at radius 2 is 1.90 bits per heavy atom. The summed E-state index contributed by atoms with van der Waals surface area (Å²) in [5, 5.41) is 3.48. The number of ether oxygens (including phenoxy) is 1. The molecule has 31 heavy (non-hydrogen) atoms. The van der Waals surface area contributed by atoms with Gasteiger partial charge in [0.05, 0.1) is 12.2 Å². The van der Waals surface area contributed by atoms with E-state index < -0.39 is 5.92 Å². The standard InChI is InChI=1S/C24H25N3O3S/c1-4-30-19-12-8-7-11-17(19)18-13-20(28)25-22-21(18)23(29)26-24(27(22)3)31-14-16-10-6-5-9-15(16)2/h5-12,18H,4,13-14H2,1-3H3,(H,25,28). The largest absolute Gasteiger partial charge is 0.494 e. The molecule has 0 aliphatic carbocycles. The molecule has 0 spiro atoms. The molecule has 1 unspecified atom stereocenters. The Morgan fingerprint density at radius 1 is 1.16 bits per heavy atom. The number of thioether (sulfide) groups is 1. The maximum atomic E-state index is 13.1. The number of fused-ring (bicyclic) bond motifs is 1. The van der Waals surface area contributed by atoms with Crippen LogP contribution in [0.2, 0.25) is 0 Å². The molecule has 1 aromatic heterocycles. The number of amides is 1. The summed E-state index contributed by atoms with van der Waals surface area (Å²) in [5.74, 6) is 1.37. The number of aryl methyl sites for hydroxylation is 1. The van der Waals surface area contributed by atoms with E-state index in [0.29, 0.717) is 34.6 Å². The molecule has 0 saturated carbocycles. The van der Waals surface area contributed by atoms with Crippen molar-refractivity contribution in [1.82, 2.24) is 9.55 Å². The van der Waals surface area contributed by atoms with E-state index in [-0.39, 0.29) is 17.9 Å². The maximum absolute atomic E-state index is 13.1. The number of carbonyl (C=O) groups excluding carboxylic acids is 1. The second-order valence-electron chi connectivity index (χ2n) is 7.51. The number of nitrogens with one attached hydrogen (secondary N) is 1. The van der Waals surface area contributed by atoms with Crippen molar-refractivity contribution in [3.8, 4) is 5.75 Å². The molecule has 1 N–H and O–H groups in total. The van der Waals surface area contributed by atoms with Crippen LogP contribution >= 0.6 is 11.8 Å². The van der Waals surface area contributed by atoms with Gasteiger partial charge in [-0.05, 0) is 31.0 Å². The molecular weight excluding hydrogens is 410 g/mol. The molecule has 6 nitrogen and oxygen atoms in total. The number of nitrogens with zero attached hydrogens (tertiary/aromatic N) is 2. The summed E-state index contributed by atoms with van der Waals surface area (Å²) < 4.78 is 7.58. The van der Waals surface area contributed by atoms with Gasteiger partial charge in [0, 0.05) is 30.7 Å². The highest BCUT2D eigenvalue weighted by atomic mass is 32.2. The van der Waals surface area contributed by atoms with Gasteiger partial charge < -0.3 is 14.6 Å². The van der Waals surface area contributed by atoms with Crippen LogP contribution in [-0.2, 0) is 17.6 Å². The average Bonchev–Trinajstić information content (AvgIpc) is 2.76. The minimum absolute atomic E-state index is 0.125. The van der Waals surface area contributed by atoms with E-state index >= 15 is 0 Å². The van der Waals surface area contributed by atoms with E-state index in [1.54, 1.807) is 0 Å². The number of aromatic nitrogens is 2. The predicted octanol–water partition coefficient (Wildman–Crippen LogP) is 4.25. The number of carbonyl (C=O) groups is 1. The van der Waals surface area contributed by atoms with Crippen molar-refractivity contribution in [3.63, 3.8) is 0 Å². The summed E-state index contributed by atoms with van der Waals surface area (Å²) in [6.45, 7) is 4.49. The minimum Gasteiger partial charge on any atom is -0.494 e. The Bertz CT molecular complexity index is 1190. The topological polar surface area (TPSA) is 73.2 Å². The normalized spacial score (nSPS) is 15.3. The number of para-hydroxylation sites is 1. The van der Waals surface area contributed by atoms with Crippen molar-refractivity contribution >= 4 is 23.5 Å². The molecule has 1 aliphatic rings. The van der Waals surface area contributed by atoms with Gasteiger partial charge in [-0.2, -0.15) is 4.98 Å². The molecule has 0 saturated heterocycles. The summed E-state index contributed by atoms with van der Waals surface area (Å²) in [6.07, 6.45) is 0.184. The number of rotatable bonds is 6. The van der Waals surface area contributed by atoms with Gasteiger partial charge in [-0.15, -0.1) is 0 Å². The third-order valence-electron chi connectivity index (χ3n) is 5.51. The van der Waals surface area contributed by atoms with Crippen LogP contribution in [0, 0.1) is 6.92 Å². The Balaban J connectivity index is 1.74. The van der Waals surface area contributed by atoms with Crippen LogP contribution in [0.1, 0.15) is 41.5 Å². The number of hydrogen-bond acceptors (Lipinski definition) is 5. The molecular formula is C24H25N3O3S. The fourth-order valence-corrected chi connectivity index (χ4v) is 4.94. The lowest BCUT2D eigenvalue weighted by Crippen LogP contribution is -2.33. The smallest absolute Gasteiger partial charge is 0.279 e. The molecule has 0 bridgehead atoms. The molecule has 4 rings (SSSR count). The van der Waals surface area contributed by atoms with Crippen LogP contribution in [0.25, 0.3) is 0 Å². The summed E-state index contributed by atoms with van der Waals surface area (Å²) in [6, 6.07) is 15.7. The summed E-state index contributed by atoms with van der Waals surface area (Å²) in [7, 11) is 1.84. The Morgan fingerprint density at radius 3 is 2.68 bits per heavy atom. The SMILES string of the molecule is CCOc1ccccc1C1CC(=O)Nc2c1c(=O)nc(SCc1ccccc1C)n2C. The lowest BCUT2D eigenvalue weighted by molar-refractivity contribution is -0.116. The quantitative estimate of drug-likeness (QED) is 0.463. The second-order valence-corrected chi connectivity index (χ2v) is 8.45. The lowest BCUT2D eigenvalue weighted by Gasteiger charge is -2.28. The first-order chi connectivity index (χ1) is 15.0. The van der Waals surface area contributed by atoms with Gasteiger partial charge in [-0.1, -0.05) is 54.2 Å². The van der Waals surface area contributed by atoms with Gasteiger partial charge in [-0.3, -0.25) is 9.59 Å². The highest BCUT2D eigenvalue weighted by molar-refractivity contribution is 7.98. The first-order valence-corrected chi connectivity index (χ1v) is 11.3.